The molecule has 28 heavy (non-hydrogen) atoms. The number of rotatable bonds is 2. The SMILES string of the molecule is O=C1N=C2C=CC(S(F)(F)(F)(F)F)C=C2C(=O)N1c1cncc2ccccc12. The van der Waals surface area contributed by atoms with Gasteiger partial charge < -0.3 is 0 Å². The minimum Gasteiger partial charge on any atom is -0.268 e. The van der Waals surface area contributed by atoms with Gasteiger partial charge in [-0.1, -0.05) is 49.8 Å². The lowest BCUT2D eigenvalue weighted by Crippen LogP contribution is -2.43. The van der Waals surface area contributed by atoms with Crippen LogP contribution in [0.2, 0.25) is 0 Å². The maximum Gasteiger partial charge on any atom is 0.355 e. The van der Waals surface area contributed by atoms with Crippen molar-refractivity contribution in [2.45, 2.75) is 5.25 Å². The molecule has 0 fully saturated rings. The van der Waals surface area contributed by atoms with Crippen LogP contribution < -0.4 is 4.90 Å². The number of pyridine rings is 1. The van der Waals surface area contributed by atoms with Crippen LogP contribution in [0.15, 0.2) is 65.5 Å². The van der Waals surface area contributed by atoms with Crippen molar-refractivity contribution in [1.82, 2.24) is 4.98 Å². The number of fused-ring (bicyclic) bond motifs is 2. The molecule has 11 heteroatoms. The summed E-state index contributed by atoms with van der Waals surface area (Å²) in [6, 6.07) is 5.51. The summed E-state index contributed by atoms with van der Waals surface area (Å²) in [7, 11) is -9.93. The molecular formula is C17H10F5N3O2S. The molecule has 4 rings (SSSR count). The molecule has 0 saturated heterocycles. The zero-order chi connectivity index (χ0) is 20.4. The summed E-state index contributed by atoms with van der Waals surface area (Å²) >= 11 is 0. The molecule has 3 amide bonds. The highest BCUT2D eigenvalue weighted by atomic mass is 32.5. The van der Waals surface area contributed by atoms with E-state index in [2.05, 4.69) is 9.98 Å². The number of benzene rings is 1. The third kappa shape index (κ3) is 2.97. The van der Waals surface area contributed by atoms with Gasteiger partial charge in [0, 0.05) is 17.0 Å². The lowest BCUT2D eigenvalue weighted by molar-refractivity contribution is -0.114. The van der Waals surface area contributed by atoms with Gasteiger partial charge in [0.2, 0.25) is 0 Å². The quantitative estimate of drug-likeness (QED) is 0.625. The van der Waals surface area contributed by atoms with Gasteiger partial charge in [-0.15, -0.1) is 0 Å². The number of hydrogen-bond acceptors (Lipinski definition) is 3. The molecule has 1 aliphatic carbocycles. The molecule has 0 bridgehead atoms. The van der Waals surface area contributed by atoms with Crippen LogP contribution >= 0.6 is 10.2 Å². The Balaban J connectivity index is 1.87. The summed E-state index contributed by atoms with van der Waals surface area (Å²) in [4.78, 5) is 33.2. The van der Waals surface area contributed by atoms with Crippen molar-refractivity contribution in [2.24, 2.45) is 4.99 Å². The monoisotopic (exact) mass is 415 g/mol. The number of aromatic nitrogens is 1. The summed E-state index contributed by atoms with van der Waals surface area (Å²) in [6.45, 7) is 0. The van der Waals surface area contributed by atoms with E-state index in [1.807, 2.05) is 0 Å². The third-order valence-corrected chi connectivity index (χ3v) is 5.62. The van der Waals surface area contributed by atoms with Gasteiger partial charge in [0.1, 0.15) is 5.25 Å². The van der Waals surface area contributed by atoms with Gasteiger partial charge in [-0.25, -0.2) is 9.69 Å². The van der Waals surface area contributed by atoms with E-state index in [0.29, 0.717) is 21.7 Å². The molecule has 0 spiro atoms. The lowest BCUT2D eigenvalue weighted by atomic mass is 10.00. The van der Waals surface area contributed by atoms with Crippen molar-refractivity contribution in [3.8, 4) is 0 Å². The van der Waals surface area contributed by atoms with Crippen molar-refractivity contribution in [3.05, 3.63) is 60.5 Å². The first-order valence-corrected chi connectivity index (χ1v) is 9.80. The predicted octanol–water partition coefficient (Wildman–Crippen LogP) is 5.31. The third-order valence-electron chi connectivity index (χ3n) is 4.29. The van der Waals surface area contributed by atoms with Crippen molar-refractivity contribution >= 4 is 44.3 Å². The van der Waals surface area contributed by atoms with E-state index < -0.39 is 38.7 Å². The van der Waals surface area contributed by atoms with Crippen LogP contribution in [0.25, 0.3) is 10.8 Å². The summed E-state index contributed by atoms with van der Waals surface area (Å²) in [5.74, 6) is -1.18. The molecule has 0 saturated carbocycles. The Kier molecular flexibility index (Phi) is 3.29. The van der Waals surface area contributed by atoms with Crippen LogP contribution in [0.4, 0.5) is 29.9 Å². The van der Waals surface area contributed by atoms with Crippen molar-refractivity contribution < 1.29 is 29.0 Å². The first-order valence-electron chi connectivity index (χ1n) is 7.78. The Hall–Kier alpha value is -3.08. The number of carbonyl (C=O) groups is 2. The second kappa shape index (κ2) is 5.04. The zero-order valence-electron chi connectivity index (χ0n) is 13.7. The Bertz CT molecular complexity index is 1150. The Morgan fingerprint density at radius 1 is 1.00 bits per heavy atom. The molecule has 1 aliphatic heterocycles. The molecule has 1 aromatic carbocycles. The number of carbonyl (C=O) groups excluding carboxylic acids is 2. The van der Waals surface area contributed by atoms with E-state index in [0.717, 1.165) is 0 Å². The number of imide groups is 1. The van der Waals surface area contributed by atoms with Crippen LogP contribution in [-0.2, 0) is 4.79 Å². The summed E-state index contributed by atoms with van der Waals surface area (Å²) in [6.07, 6.45) is 3.58. The van der Waals surface area contributed by atoms with Gasteiger partial charge in [0.05, 0.1) is 23.2 Å². The molecule has 1 atom stereocenters. The first kappa shape index (κ1) is 18.3. The molecule has 2 aromatic rings. The molecular weight excluding hydrogens is 405 g/mol. The number of urea groups is 1. The summed E-state index contributed by atoms with van der Waals surface area (Å²) in [5, 5.41) is -2.23. The fraction of sp³-hybridized carbons (Fsp3) is 0.0588. The minimum absolute atomic E-state index is 0.00440. The standard InChI is InChI=1S/C17H10F5N3O2S/c18-28(19,20,21,22)11-5-6-14-13(7-11)16(26)25(17(27)24-14)15-9-23-8-10-3-1-2-4-12(10)15/h1-9,11H. The molecule has 1 unspecified atom stereocenters. The van der Waals surface area contributed by atoms with Gasteiger partial charge in [-0.2, -0.15) is 4.99 Å². The first-order chi connectivity index (χ1) is 12.8. The number of nitrogens with zero attached hydrogens (tertiary/aromatic N) is 3. The van der Waals surface area contributed by atoms with Gasteiger partial charge in [-0.05, 0) is 12.2 Å². The smallest absolute Gasteiger partial charge is 0.268 e. The Morgan fingerprint density at radius 2 is 1.71 bits per heavy atom. The van der Waals surface area contributed by atoms with Gasteiger partial charge in [0.25, 0.3) is 16.1 Å². The van der Waals surface area contributed by atoms with E-state index in [4.69, 9.17) is 0 Å². The molecule has 146 valence electrons. The largest absolute Gasteiger partial charge is 0.355 e. The van der Waals surface area contributed by atoms with E-state index in [-0.39, 0.29) is 17.8 Å². The second-order valence-electron chi connectivity index (χ2n) is 6.23. The van der Waals surface area contributed by atoms with Crippen LogP contribution in [0.3, 0.4) is 0 Å². The topological polar surface area (TPSA) is 62.6 Å². The van der Waals surface area contributed by atoms with Crippen LogP contribution in [0.1, 0.15) is 0 Å². The number of amides is 3. The van der Waals surface area contributed by atoms with Gasteiger partial charge in [-0.3, -0.25) is 9.78 Å². The van der Waals surface area contributed by atoms with Crippen molar-refractivity contribution in [2.75, 3.05) is 4.90 Å². The van der Waals surface area contributed by atoms with E-state index in [9.17, 15) is 29.0 Å². The number of allylic oxidation sites excluding steroid dienone is 1. The molecule has 2 aliphatic rings. The maximum absolute atomic E-state index is 13.2. The zero-order valence-corrected chi connectivity index (χ0v) is 14.5. The average molecular weight is 415 g/mol. The molecule has 5 nitrogen and oxygen atoms in total. The molecule has 0 radical (unpaired) electrons. The normalized spacial score (nSPS) is 22.3. The van der Waals surface area contributed by atoms with Gasteiger partial charge in [0.15, 0.2) is 0 Å². The lowest BCUT2D eigenvalue weighted by Gasteiger charge is -2.45. The minimum atomic E-state index is -9.93. The highest BCUT2D eigenvalue weighted by Gasteiger charge is 2.69. The molecule has 1 aromatic heterocycles. The second-order valence-corrected chi connectivity index (χ2v) is 8.83. The van der Waals surface area contributed by atoms with E-state index >= 15 is 0 Å². The number of aliphatic imine (C=N–C) groups is 1. The fourth-order valence-electron chi connectivity index (χ4n) is 2.99. The van der Waals surface area contributed by atoms with Crippen molar-refractivity contribution in [3.63, 3.8) is 0 Å². The summed E-state index contributed by atoms with van der Waals surface area (Å²) < 4.78 is 65.8. The number of anilines is 1. The highest BCUT2D eigenvalue weighted by Crippen LogP contribution is 3.00. The number of halogens is 5. The Labute approximate surface area is 154 Å². The maximum atomic E-state index is 13.2. The van der Waals surface area contributed by atoms with Crippen LogP contribution in [-0.4, -0.2) is 27.9 Å². The van der Waals surface area contributed by atoms with Crippen LogP contribution in [0, 0.1) is 0 Å². The van der Waals surface area contributed by atoms with Crippen molar-refractivity contribution in [1.29, 1.82) is 0 Å². The Morgan fingerprint density at radius 3 is 2.43 bits per heavy atom. The van der Waals surface area contributed by atoms with Crippen LogP contribution in [0.5, 0.6) is 0 Å². The van der Waals surface area contributed by atoms with E-state index in [1.54, 1.807) is 24.3 Å². The fourth-order valence-corrected chi connectivity index (χ4v) is 3.76. The summed E-state index contributed by atoms with van der Waals surface area (Å²) in [5.41, 5.74) is -1.11. The molecule has 2 heterocycles. The predicted molar refractivity (Wildman–Crippen MR) is 96.2 cm³/mol. The van der Waals surface area contributed by atoms with Gasteiger partial charge >= 0.3 is 6.03 Å². The number of hydrogen-bond donors (Lipinski definition) is 0. The van der Waals surface area contributed by atoms with E-state index in [1.165, 1.54) is 12.4 Å². The average Bonchev–Trinajstić information content (AvgIpc) is 2.59. The highest BCUT2D eigenvalue weighted by molar-refractivity contribution is 8.46. The molecule has 0 N–H and O–H groups in total.